The maximum absolute atomic E-state index is 15.1. The first-order chi connectivity index (χ1) is 21.8. The summed E-state index contributed by atoms with van der Waals surface area (Å²) >= 11 is 3.30. The molecule has 3 N–H and O–H groups in total. The standard InChI is InChI=1S/C26H27BrFN7O4.C2HF3O2/c1-2-39-10-9-35-24(31-32-33-35)23(18-6-5-17(27)12-20(18)28)29-13-15-3-4-16-14-34(26(38)19(16)11-15)21-7-8-22(36)30-25(21)37;3-2(4,5)1(6)7/h3-6,11-12,21,23,29H,2,7-10,13-14H2,1H3,(H,30,36,37);(H,6,7). The van der Waals surface area contributed by atoms with Crippen molar-refractivity contribution in [1.82, 2.24) is 35.7 Å². The van der Waals surface area contributed by atoms with Gasteiger partial charge in [0.05, 0.1) is 19.2 Å². The number of aliphatic carboxylic acids is 1. The number of alkyl halides is 3. The predicted molar refractivity (Wildman–Crippen MR) is 153 cm³/mol. The van der Waals surface area contributed by atoms with Crippen molar-refractivity contribution in [2.24, 2.45) is 0 Å². The minimum Gasteiger partial charge on any atom is -0.475 e. The highest BCUT2D eigenvalue weighted by molar-refractivity contribution is 9.10. The normalized spacial score (nSPS) is 16.9. The fraction of sp³-hybridized carbons (Fsp3) is 0.393. The van der Waals surface area contributed by atoms with E-state index in [1.165, 1.54) is 11.0 Å². The summed E-state index contributed by atoms with van der Waals surface area (Å²) in [5.41, 5.74) is 2.48. The molecule has 2 aliphatic heterocycles. The number of carbonyl (C=O) groups is 4. The fourth-order valence-corrected chi connectivity index (χ4v) is 5.21. The summed E-state index contributed by atoms with van der Waals surface area (Å²) in [7, 11) is 0. The van der Waals surface area contributed by atoms with Gasteiger partial charge in [-0.25, -0.2) is 13.9 Å². The van der Waals surface area contributed by atoms with Crippen LogP contribution in [0.4, 0.5) is 17.6 Å². The maximum atomic E-state index is 15.1. The van der Waals surface area contributed by atoms with Crippen molar-refractivity contribution in [2.75, 3.05) is 13.2 Å². The van der Waals surface area contributed by atoms with Gasteiger partial charge in [-0.15, -0.1) is 5.10 Å². The molecule has 0 bridgehead atoms. The van der Waals surface area contributed by atoms with Crippen molar-refractivity contribution >= 4 is 39.6 Å². The van der Waals surface area contributed by atoms with Crippen LogP contribution in [0.15, 0.2) is 40.9 Å². The number of benzene rings is 2. The zero-order valence-electron chi connectivity index (χ0n) is 24.2. The molecular weight excluding hydrogens is 686 g/mol. The largest absolute Gasteiger partial charge is 0.490 e. The third-order valence-corrected chi connectivity index (χ3v) is 7.58. The van der Waals surface area contributed by atoms with Gasteiger partial charge in [0.1, 0.15) is 11.9 Å². The number of ether oxygens (including phenoxy) is 1. The molecule has 13 nitrogen and oxygen atoms in total. The van der Waals surface area contributed by atoms with Crippen LogP contribution < -0.4 is 10.6 Å². The number of nitrogens with one attached hydrogen (secondary N) is 2. The second-order valence-electron chi connectivity index (χ2n) is 10.1. The molecular formula is C28H28BrF4N7O6. The van der Waals surface area contributed by atoms with Crippen molar-refractivity contribution < 1.29 is 46.6 Å². The van der Waals surface area contributed by atoms with Crippen LogP contribution in [-0.4, -0.2) is 79.3 Å². The first kappa shape index (κ1) is 34.6. The Labute approximate surface area is 267 Å². The number of carbonyl (C=O) groups excluding carboxylic acids is 3. The Hall–Kier alpha value is -4.29. The van der Waals surface area contributed by atoms with Crippen LogP contribution in [0.2, 0.25) is 0 Å². The van der Waals surface area contributed by atoms with Crippen molar-refractivity contribution in [1.29, 1.82) is 0 Å². The first-order valence-corrected chi connectivity index (χ1v) is 14.7. The fourth-order valence-electron chi connectivity index (χ4n) is 4.88. The number of aromatic nitrogens is 4. The van der Waals surface area contributed by atoms with E-state index in [9.17, 15) is 27.6 Å². The minimum atomic E-state index is -5.08. The van der Waals surface area contributed by atoms with Crippen LogP contribution >= 0.6 is 15.9 Å². The number of carboxylic acids is 1. The Kier molecular flexibility index (Phi) is 11.2. The first-order valence-electron chi connectivity index (χ1n) is 13.9. The number of tetrazole rings is 1. The number of rotatable bonds is 10. The van der Waals surface area contributed by atoms with E-state index in [1.54, 1.807) is 22.9 Å². The lowest BCUT2D eigenvalue weighted by Gasteiger charge is -2.29. The van der Waals surface area contributed by atoms with Gasteiger partial charge in [0.2, 0.25) is 11.8 Å². The average Bonchev–Trinajstić information content (AvgIpc) is 3.58. The van der Waals surface area contributed by atoms with E-state index >= 15 is 4.39 Å². The van der Waals surface area contributed by atoms with Crippen LogP contribution in [0.1, 0.15) is 58.7 Å². The summed E-state index contributed by atoms with van der Waals surface area (Å²) in [6, 6.07) is 8.97. The molecule has 1 fully saturated rings. The highest BCUT2D eigenvalue weighted by atomic mass is 79.9. The van der Waals surface area contributed by atoms with Crippen molar-refractivity contribution in [2.45, 2.75) is 57.7 Å². The van der Waals surface area contributed by atoms with E-state index < -0.39 is 36.0 Å². The Balaban J connectivity index is 0.000000617. The third kappa shape index (κ3) is 8.29. The molecule has 0 aliphatic carbocycles. The zero-order chi connectivity index (χ0) is 33.6. The Morgan fingerprint density at radius 1 is 1.22 bits per heavy atom. The lowest BCUT2D eigenvalue weighted by molar-refractivity contribution is -0.192. The molecule has 246 valence electrons. The van der Waals surface area contributed by atoms with E-state index in [1.807, 2.05) is 19.1 Å². The number of halogens is 5. The number of carboxylic acid groups (broad SMARTS) is 1. The van der Waals surface area contributed by atoms with Crippen molar-refractivity contribution in [3.8, 4) is 0 Å². The number of imide groups is 1. The van der Waals surface area contributed by atoms with Crippen LogP contribution in [0.25, 0.3) is 0 Å². The van der Waals surface area contributed by atoms with Gasteiger partial charge in [-0.3, -0.25) is 25.0 Å². The van der Waals surface area contributed by atoms with Gasteiger partial charge in [-0.1, -0.05) is 34.1 Å². The monoisotopic (exact) mass is 713 g/mol. The number of piperidine rings is 1. The highest BCUT2D eigenvalue weighted by Gasteiger charge is 2.39. The van der Waals surface area contributed by atoms with E-state index in [4.69, 9.17) is 14.6 Å². The molecule has 3 amide bonds. The van der Waals surface area contributed by atoms with Crippen molar-refractivity contribution in [3.63, 3.8) is 0 Å². The molecule has 1 saturated heterocycles. The smallest absolute Gasteiger partial charge is 0.475 e. The molecule has 5 rings (SSSR count). The van der Waals surface area contributed by atoms with Crippen LogP contribution in [0, 0.1) is 5.82 Å². The van der Waals surface area contributed by atoms with Gasteiger partial charge in [-0.2, -0.15) is 13.2 Å². The van der Waals surface area contributed by atoms with Gasteiger partial charge >= 0.3 is 12.1 Å². The summed E-state index contributed by atoms with van der Waals surface area (Å²) in [6.45, 7) is 3.84. The predicted octanol–water partition coefficient (Wildman–Crippen LogP) is 2.88. The second kappa shape index (κ2) is 14.9. The number of nitrogens with zero attached hydrogens (tertiary/aromatic N) is 5. The number of fused-ring (bicyclic) bond motifs is 1. The van der Waals surface area contributed by atoms with Crippen LogP contribution in [0.3, 0.4) is 0 Å². The van der Waals surface area contributed by atoms with Gasteiger partial charge in [0.15, 0.2) is 5.82 Å². The SMILES string of the molecule is CCOCCn1nnnc1C(NCc1ccc2c(c1)C(=O)N(C1CCC(=O)NC1=O)C2)c1ccc(Br)cc1F.O=C(O)C(F)(F)F. The third-order valence-electron chi connectivity index (χ3n) is 7.09. The highest BCUT2D eigenvalue weighted by Crippen LogP contribution is 2.30. The molecule has 1 aromatic heterocycles. The number of hydrogen-bond donors (Lipinski definition) is 3. The molecule has 0 saturated carbocycles. The van der Waals surface area contributed by atoms with Crippen molar-refractivity contribution in [3.05, 3.63) is 74.8 Å². The Morgan fingerprint density at radius 2 is 1.96 bits per heavy atom. The van der Waals surface area contributed by atoms with Gasteiger partial charge in [0, 0.05) is 41.7 Å². The summed E-state index contributed by atoms with van der Waals surface area (Å²) in [5, 5.41) is 24.8. The summed E-state index contributed by atoms with van der Waals surface area (Å²) < 4.78 is 54.5. The Bertz CT molecular complexity index is 1620. The summed E-state index contributed by atoms with van der Waals surface area (Å²) in [6.07, 6.45) is -4.58. The van der Waals surface area contributed by atoms with E-state index in [2.05, 4.69) is 42.1 Å². The van der Waals surface area contributed by atoms with E-state index in [0.29, 0.717) is 54.1 Å². The second-order valence-corrected chi connectivity index (χ2v) is 11.0. The molecule has 3 heterocycles. The van der Waals surface area contributed by atoms with E-state index in [0.717, 1.165) is 11.1 Å². The average molecular weight is 714 g/mol. The van der Waals surface area contributed by atoms with Crippen LogP contribution in [0.5, 0.6) is 0 Å². The summed E-state index contributed by atoms with van der Waals surface area (Å²) in [5.74, 6) is -3.78. The van der Waals surface area contributed by atoms with Gasteiger partial charge < -0.3 is 14.7 Å². The van der Waals surface area contributed by atoms with Gasteiger partial charge in [-0.05, 0) is 53.1 Å². The lowest BCUT2D eigenvalue weighted by Crippen LogP contribution is -2.52. The molecule has 2 aliphatic rings. The molecule has 0 radical (unpaired) electrons. The number of amides is 3. The molecule has 46 heavy (non-hydrogen) atoms. The lowest BCUT2D eigenvalue weighted by atomic mass is 10.0. The minimum absolute atomic E-state index is 0.198. The zero-order valence-corrected chi connectivity index (χ0v) is 25.8. The van der Waals surface area contributed by atoms with E-state index in [-0.39, 0.29) is 24.8 Å². The quantitative estimate of drug-likeness (QED) is 0.161. The Morgan fingerprint density at radius 3 is 2.61 bits per heavy atom. The van der Waals surface area contributed by atoms with Crippen LogP contribution in [-0.2, 0) is 38.8 Å². The molecule has 0 spiro atoms. The van der Waals surface area contributed by atoms with Gasteiger partial charge in [0.25, 0.3) is 5.91 Å². The molecule has 18 heteroatoms. The number of hydrogen-bond acceptors (Lipinski definition) is 9. The maximum Gasteiger partial charge on any atom is 0.490 e. The molecule has 2 atom stereocenters. The molecule has 3 aromatic rings. The topological polar surface area (TPSA) is 169 Å². The molecule has 2 unspecified atom stereocenters. The molecule has 2 aromatic carbocycles. The summed E-state index contributed by atoms with van der Waals surface area (Å²) in [4.78, 5) is 47.5.